The van der Waals surface area contributed by atoms with Gasteiger partial charge in [0.25, 0.3) is 0 Å². The van der Waals surface area contributed by atoms with Crippen LogP contribution in [-0.2, 0) is 14.3 Å². The van der Waals surface area contributed by atoms with Crippen molar-refractivity contribution in [2.45, 2.75) is 37.9 Å². The third-order valence-electron chi connectivity index (χ3n) is 5.71. The first kappa shape index (κ1) is 23.1. The number of benzene rings is 1. The summed E-state index contributed by atoms with van der Waals surface area (Å²) in [5.41, 5.74) is 2.26. The zero-order valence-electron chi connectivity index (χ0n) is 18.6. The van der Waals surface area contributed by atoms with Gasteiger partial charge in [0.05, 0.1) is 18.0 Å². The molecule has 176 valence electrons. The molecule has 1 aliphatic rings. The Balaban J connectivity index is 1.67. The van der Waals surface area contributed by atoms with Gasteiger partial charge in [0.2, 0.25) is 5.91 Å². The molecule has 3 aromatic rings. The van der Waals surface area contributed by atoms with Gasteiger partial charge in [-0.15, -0.1) is 0 Å². The van der Waals surface area contributed by atoms with Crippen LogP contribution in [0.2, 0.25) is 0 Å². The second-order valence-corrected chi connectivity index (χ2v) is 8.00. The number of carbonyl (C=O) groups is 1. The number of nitrogens with zero attached hydrogens (tertiary/aromatic N) is 3. The molecule has 0 bridgehead atoms. The molecule has 3 heterocycles. The van der Waals surface area contributed by atoms with Crippen molar-refractivity contribution in [2.24, 2.45) is 0 Å². The van der Waals surface area contributed by atoms with E-state index >= 15 is 0 Å². The molecule has 1 saturated heterocycles. The summed E-state index contributed by atoms with van der Waals surface area (Å²) in [6.45, 7) is 2.86. The van der Waals surface area contributed by atoms with Crippen LogP contribution in [0.5, 0.6) is 0 Å². The molecule has 4 atom stereocenters. The summed E-state index contributed by atoms with van der Waals surface area (Å²) in [7, 11) is 1.62. The monoisotopic (exact) mass is 455 g/mol. The lowest BCUT2D eigenvalue weighted by atomic mass is 10.1. The number of hydrogen-bond donors (Lipinski definition) is 4. The van der Waals surface area contributed by atoms with Gasteiger partial charge in [-0.1, -0.05) is 30.3 Å². The van der Waals surface area contributed by atoms with Crippen molar-refractivity contribution in [3.05, 3.63) is 42.9 Å². The van der Waals surface area contributed by atoms with Crippen LogP contribution in [0.4, 0.5) is 5.82 Å². The number of rotatable bonds is 9. The van der Waals surface area contributed by atoms with Crippen molar-refractivity contribution in [1.29, 1.82) is 0 Å². The maximum absolute atomic E-state index is 12.3. The van der Waals surface area contributed by atoms with Crippen molar-refractivity contribution in [3.8, 4) is 11.1 Å². The van der Waals surface area contributed by atoms with Crippen molar-refractivity contribution < 1.29 is 24.5 Å². The van der Waals surface area contributed by atoms with E-state index in [1.807, 2.05) is 36.5 Å². The normalized spacial score (nSPS) is 22.5. The molecule has 1 aliphatic heterocycles. The highest BCUT2D eigenvalue weighted by Gasteiger charge is 2.42. The number of fused-ring (bicyclic) bond motifs is 1. The zero-order valence-corrected chi connectivity index (χ0v) is 18.6. The van der Waals surface area contributed by atoms with Crippen LogP contribution in [0.25, 0.3) is 22.2 Å². The van der Waals surface area contributed by atoms with E-state index in [1.54, 1.807) is 18.6 Å². The van der Waals surface area contributed by atoms with E-state index < -0.39 is 24.5 Å². The average Bonchev–Trinajstić information content (AvgIpc) is 3.34. The predicted molar refractivity (Wildman–Crippen MR) is 123 cm³/mol. The van der Waals surface area contributed by atoms with Crippen LogP contribution in [0.3, 0.4) is 0 Å². The Morgan fingerprint density at radius 3 is 2.70 bits per heavy atom. The highest BCUT2D eigenvalue weighted by Crippen LogP contribution is 2.38. The molecule has 0 aliphatic carbocycles. The minimum Gasteiger partial charge on any atom is -0.388 e. The number of ether oxygens (including phenoxy) is 2. The first-order valence-corrected chi connectivity index (χ1v) is 10.9. The van der Waals surface area contributed by atoms with Gasteiger partial charge in [-0.2, -0.15) is 0 Å². The van der Waals surface area contributed by atoms with Crippen LogP contribution in [0, 0.1) is 0 Å². The number of aliphatic hydroxyl groups is 2. The van der Waals surface area contributed by atoms with Crippen LogP contribution in [0.1, 0.15) is 19.6 Å². The lowest BCUT2D eigenvalue weighted by molar-refractivity contribution is -0.119. The molecular weight excluding hydrogens is 426 g/mol. The van der Waals surface area contributed by atoms with Gasteiger partial charge in [0.1, 0.15) is 30.0 Å². The molecule has 2 aromatic heterocycles. The fourth-order valence-corrected chi connectivity index (χ4v) is 3.98. The molecule has 10 heteroatoms. The highest BCUT2D eigenvalue weighted by atomic mass is 16.6. The molecule has 0 spiro atoms. The molecule has 1 amide bonds. The molecule has 4 rings (SSSR count). The Morgan fingerprint density at radius 2 is 2.00 bits per heavy atom. The summed E-state index contributed by atoms with van der Waals surface area (Å²) in [6, 6.07) is 9.70. The molecule has 0 radical (unpaired) electrons. The van der Waals surface area contributed by atoms with Gasteiger partial charge in [-0.25, -0.2) is 9.97 Å². The van der Waals surface area contributed by atoms with Gasteiger partial charge in [0, 0.05) is 32.0 Å². The van der Waals surface area contributed by atoms with Crippen LogP contribution in [-0.4, -0.2) is 75.8 Å². The van der Waals surface area contributed by atoms with Crippen LogP contribution >= 0.6 is 0 Å². The first-order valence-electron chi connectivity index (χ1n) is 10.9. The second kappa shape index (κ2) is 10.3. The lowest BCUT2D eigenvalue weighted by Crippen LogP contribution is -2.31. The van der Waals surface area contributed by atoms with E-state index in [1.165, 1.54) is 6.33 Å². The summed E-state index contributed by atoms with van der Waals surface area (Å²) in [5.74, 6) is 0.329. The quantitative estimate of drug-likeness (QED) is 0.355. The summed E-state index contributed by atoms with van der Waals surface area (Å²) in [5, 5.41) is 27.4. The number of aromatic nitrogens is 3. The summed E-state index contributed by atoms with van der Waals surface area (Å²) in [4.78, 5) is 21.1. The van der Waals surface area contributed by atoms with E-state index in [0.717, 1.165) is 17.5 Å². The van der Waals surface area contributed by atoms with Crippen molar-refractivity contribution in [2.75, 3.05) is 32.1 Å². The molecule has 10 nitrogen and oxygen atoms in total. The Morgan fingerprint density at radius 1 is 1.21 bits per heavy atom. The molecule has 1 fully saturated rings. The summed E-state index contributed by atoms with van der Waals surface area (Å²) >= 11 is 0. The number of anilines is 1. The standard InChI is InChI=1S/C23H29N5O5/c1-14-19(30)20(31)23(33-14)28-12-16(15-7-4-3-5-8-15)18-21(26-13-27-22(18)28)25-11-17(29)24-9-6-10-32-2/h3-5,7-8,12-14,19-20,23,30-31H,6,9-11H2,1-2H3,(H,24,29)(H,25,26,27)/t14-,19-,20-,23-/m1/s1. The molecular formula is C23H29N5O5. The second-order valence-electron chi connectivity index (χ2n) is 8.00. The Labute approximate surface area is 191 Å². The van der Waals surface area contributed by atoms with E-state index in [2.05, 4.69) is 20.6 Å². The van der Waals surface area contributed by atoms with Crippen molar-refractivity contribution >= 4 is 22.8 Å². The topological polar surface area (TPSA) is 131 Å². The maximum Gasteiger partial charge on any atom is 0.239 e. The summed E-state index contributed by atoms with van der Waals surface area (Å²) in [6.07, 6.45) is 0.523. The highest BCUT2D eigenvalue weighted by molar-refractivity contribution is 6.02. The fourth-order valence-electron chi connectivity index (χ4n) is 3.98. The fraction of sp³-hybridized carbons (Fsp3) is 0.435. The Hall–Kier alpha value is -3.05. The molecule has 0 saturated carbocycles. The van der Waals surface area contributed by atoms with Gasteiger partial charge in [-0.05, 0) is 18.9 Å². The van der Waals surface area contributed by atoms with E-state index in [0.29, 0.717) is 30.0 Å². The summed E-state index contributed by atoms with van der Waals surface area (Å²) < 4.78 is 12.5. The van der Waals surface area contributed by atoms with Gasteiger partial charge in [-0.3, -0.25) is 4.79 Å². The number of carbonyl (C=O) groups excluding carboxylic acids is 1. The minimum atomic E-state index is -1.11. The molecule has 33 heavy (non-hydrogen) atoms. The third-order valence-corrected chi connectivity index (χ3v) is 5.71. The maximum atomic E-state index is 12.3. The van der Waals surface area contributed by atoms with Gasteiger partial charge >= 0.3 is 0 Å². The predicted octanol–water partition coefficient (Wildman–Crippen LogP) is 1.30. The number of methoxy groups -OCH3 is 1. The first-order chi connectivity index (χ1) is 16.0. The van der Waals surface area contributed by atoms with Crippen molar-refractivity contribution in [3.63, 3.8) is 0 Å². The lowest BCUT2D eigenvalue weighted by Gasteiger charge is -2.17. The number of amides is 1. The minimum absolute atomic E-state index is 0.0385. The molecule has 0 unspecified atom stereocenters. The largest absolute Gasteiger partial charge is 0.388 e. The Kier molecular flexibility index (Phi) is 7.19. The van der Waals surface area contributed by atoms with E-state index in [-0.39, 0.29) is 12.5 Å². The van der Waals surface area contributed by atoms with E-state index in [9.17, 15) is 15.0 Å². The zero-order chi connectivity index (χ0) is 23.4. The molecule has 4 N–H and O–H groups in total. The van der Waals surface area contributed by atoms with Crippen LogP contribution < -0.4 is 10.6 Å². The van der Waals surface area contributed by atoms with E-state index in [4.69, 9.17) is 9.47 Å². The number of aliphatic hydroxyl groups excluding tert-OH is 2. The molecule has 1 aromatic carbocycles. The van der Waals surface area contributed by atoms with Crippen LogP contribution in [0.15, 0.2) is 42.9 Å². The Bertz CT molecular complexity index is 1090. The van der Waals surface area contributed by atoms with Gasteiger partial charge in [0.15, 0.2) is 6.23 Å². The SMILES string of the molecule is COCCCNC(=O)CNc1ncnc2c1c(-c1ccccc1)cn2[C@@H]1O[C@H](C)[C@@H](O)[C@H]1O. The smallest absolute Gasteiger partial charge is 0.239 e. The average molecular weight is 456 g/mol. The number of nitrogens with one attached hydrogen (secondary N) is 2. The number of hydrogen-bond acceptors (Lipinski definition) is 8. The van der Waals surface area contributed by atoms with Gasteiger partial charge < -0.3 is 34.9 Å². The van der Waals surface area contributed by atoms with Crippen molar-refractivity contribution in [1.82, 2.24) is 19.9 Å². The third kappa shape index (κ3) is 4.83.